The molecule has 1 unspecified atom stereocenters. The number of pyridine rings is 1. The van der Waals surface area contributed by atoms with Crippen LogP contribution in [0.1, 0.15) is 11.8 Å². The maximum Gasteiger partial charge on any atom is 0.284 e. The summed E-state index contributed by atoms with van der Waals surface area (Å²) in [5.41, 5.74) is 2.30. The summed E-state index contributed by atoms with van der Waals surface area (Å²) >= 11 is 12.6. The fourth-order valence-corrected chi connectivity index (χ4v) is 3.08. The lowest BCUT2D eigenvalue weighted by Gasteiger charge is -2.14. The summed E-state index contributed by atoms with van der Waals surface area (Å²) in [6.45, 7) is 1.71. The topological polar surface area (TPSA) is 82.6 Å². The molecule has 7 nitrogen and oxygen atoms in total. The second-order valence-corrected chi connectivity index (χ2v) is 7.74. The number of ether oxygens (including phenoxy) is 2. The summed E-state index contributed by atoms with van der Waals surface area (Å²) < 4.78 is 25.0. The smallest absolute Gasteiger partial charge is 0.284 e. The Morgan fingerprint density at radius 2 is 1.93 bits per heavy atom. The van der Waals surface area contributed by atoms with Gasteiger partial charge in [-0.05, 0) is 37.3 Å². The molecule has 0 aliphatic heterocycles. The van der Waals surface area contributed by atoms with Gasteiger partial charge < -0.3 is 9.47 Å². The molecule has 2 aromatic heterocycles. The predicted molar refractivity (Wildman–Crippen MR) is 106 cm³/mol. The van der Waals surface area contributed by atoms with Crippen molar-refractivity contribution in [3.63, 3.8) is 0 Å². The Labute approximate surface area is 179 Å². The van der Waals surface area contributed by atoms with Gasteiger partial charge in [-0.3, -0.25) is 9.63 Å². The summed E-state index contributed by atoms with van der Waals surface area (Å²) in [5.74, 6) is -0.583. The number of nitrogens with one attached hydrogen (secondary N) is 1. The van der Waals surface area contributed by atoms with E-state index in [0.717, 1.165) is 10.9 Å². The quantitative estimate of drug-likeness (QED) is 0.489. The van der Waals surface area contributed by atoms with Gasteiger partial charge in [0, 0.05) is 12.4 Å². The molecule has 2 heterocycles. The molecule has 1 aromatic carbocycles. The van der Waals surface area contributed by atoms with Crippen molar-refractivity contribution in [1.82, 2.24) is 15.4 Å². The zero-order valence-corrected chi connectivity index (χ0v) is 17.2. The predicted octanol–water partition coefficient (Wildman–Crippen LogP) is 4.79. The molecule has 0 saturated heterocycles. The fraction of sp³-hybridized carbons (Fsp3) is 0.167. The van der Waals surface area contributed by atoms with Crippen molar-refractivity contribution in [2.75, 3.05) is 0 Å². The van der Waals surface area contributed by atoms with Gasteiger partial charge in [0.2, 0.25) is 0 Å². The Morgan fingerprint density at radius 1 is 1.21 bits per heavy atom. The van der Waals surface area contributed by atoms with Crippen LogP contribution < -0.4 is 15.0 Å². The van der Waals surface area contributed by atoms with E-state index in [-0.39, 0.29) is 17.5 Å². The molecule has 0 aliphatic carbocycles. The van der Waals surface area contributed by atoms with E-state index >= 15 is 0 Å². The number of hydroxylamine groups is 1. The SMILES string of the molecule is CC(Oc1ccc(Oc2ncc(Cl)cc2F)cc1)C(=O)NOCc1cnc(Cl)s1. The summed E-state index contributed by atoms with van der Waals surface area (Å²) in [7, 11) is 0. The number of amides is 1. The molecule has 1 N–H and O–H groups in total. The van der Waals surface area contributed by atoms with Crippen LogP contribution in [0.3, 0.4) is 0 Å². The van der Waals surface area contributed by atoms with Gasteiger partial charge in [-0.1, -0.05) is 23.2 Å². The zero-order valence-electron chi connectivity index (χ0n) is 14.9. The van der Waals surface area contributed by atoms with Gasteiger partial charge in [0.1, 0.15) is 18.1 Å². The van der Waals surface area contributed by atoms with Gasteiger partial charge in [0.15, 0.2) is 16.4 Å². The average molecular weight is 458 g/mol. The molecular formula is C18H14Cl2FN3O4S. The van der Waals surface area contributed by atoms with Crippen LogP contribution in [0.15, 0.2) is 42.7 Å². The molecule has 3 aromatic rings. The van der Waals surface area contributed by atoms with Crippen LogP contribution in [0.4, 0.5) is 4.39 Å². The van der Waals surface area contributed by atoms with Gasteiger partial charge in [0.25, 0.3) is 11.8 Å². The van der Waals surface area contributed by atoms with E-state index in [0.29, 0.717) is 16.0 Å². The number of rotatable bonds is 8. The maximum absolute atomic E-state index is 13.7. The minimum atomic E-state index is -0.817. The number of carbonyl (C=O) groups is 1. The minimum Gasteiger partial charge on any atom is -0.481 e. The maximum atomic E-state index is 13.7. The third-order valence-electron chi connectivity index (χ3n) is 3.41. The van der Waals surface area contributed by atoms with Crippen LogP contribution in [-0.4, -0.2) is 22.0 Å². The van der Waals surface area contributed by atoms with Gasteiger partial charge in [-0.25, -0.2) is 19.8 Å². The molecule has 11 heteroatoms. The van der Waals surface area contributed by atoms with Crippen LogP contribution in [0.25, 0.3) is 0 Å². The number of carbonyl (C=O) groups excluding carboxylic acids is 1. The minimum absolute atomic E-state index is 0.143. The lowest BCUT2D eigenvalue weighted by molar-refractivity contribution is -0.141. The van der Waals surface area contributed by atoms with E-state index in [9.17, 15) is 9.18 Å². The number of hydrogen-bond acceptors (Lipinski definition) is 7. The molecule has 1 atom stereocenters. The summed E-state index contributed by atoms with van der Waals surface area (Å²) in [5, 5.41) is 0.172. The van der Waals surface area contributed by atoms with E-state index in [4.69, 9.17) is 37.5 Å². The molecule has 29 heavy (non-hydrogen) atoms. The highest BCUT2D eigenvalue weighted by Crippen LogP contribution is 2.26. The lowest BCUT2D eigenvalue weighted by Crippen LogP contribution is -2.36. The second kappa shape index (κ2) is 9.84. The van der Waals surface area contributed by atoms with Crippen LogP contribution in [-0.2, 0) is 16.2 Å². The van der Waals surface area contributed by atoms with Crippen molar-refractivity contribution in [2.45, 2.75) is 19.6 Å². The van der Waals surface area contributed by atoms with E-state index < -0.39 is 17.8 Å². The van der Waals surface area contributed by atoms with E-state index in [1.807, 2.05) is 0 Å². The van der Waals surface area contributed by atoms with Crippen molar-refractivity contribution < 1.29 is 23.5 Å². The summed E-state index contributed by atoms with van der Waals surface area (Å²) in [6.07, 6.45) is 2.03. The van der Waals surface area contributed by atoms with E-state index in [1.165, 1.54) is 17.5 Å². The molecule has 0 spiro atoms. The van der Waals surface area contributed by atoms with Gasteiger partial charge in [-0.2, -0.15) is 0 Å². The Morgan fingerprint density at radius 3 is 2.59 bits per heavy atom. The van der Waals surface area contributed by atoms with E-state index in [1.54, 1.807) is 37.4 Å². The van der Waals surface area contributed by atoms with Crippen molar-refractivity contribution >= 4 is 40.4 Å². The first-order valence-electron chi connectivity index (χ1n) is 8.18. The summed E-state index contributed by atoms with van der Waals surface area (Å²) in [6, 6.07) is 7.37. The Kier molecular flexibility index (Phi) is 7.21. The Hall–Kier alpha value is -2.46. The van der Waals surface area contributed by atoms with E-state index in [2.05, 4.69) is 15.4 Å². The van der Waals surface area contributed by atoms with Crippen molar-refractivity contribution in [3.8, 4) is 17.4 Å². The second-order valence-electron chi connectivity index (χ2n) is 5.61. The van der Waals surface area contributed by atoms with Gasteiger partial charge in [0.05, 0.1) is 9.90 Å². The first kappa shape index (κ1) is 21.3. The molecule has 0 fully saturated rings. The highest BCUT2D eigenvalue weighted by Gasteiger charge is 2.15. The first-order valence-corrected chi connectivity index (χ1v) is 9.75. The van der Waals surface area contributed by atoms with Crippen molar-refractivity contribution in [1.29, 1.82) is 0 Å². The Bertz CT molecular complexity index is 987. The molecular weight excluding hydrogens is 444 g/mol. The summed E-state index contributed by atoms with van der Waals surface area (Å²) in [4.78, 5) is 25.6. The Balaban J connectivity index is 1.48. The first-order chi connectivity index (χ1) is 13.9. The molecule has 0 bridgehead atoms. The van der Waals surface area contributed by atoms with Gasteiger partial charge >= 0.3 is 0 Å². The molecule has 0 radical (unpaired) electrons. The number of aromatic nitrogens is 2. The lowest BCUT2D eigenvalue weighted by atomic mass is 10.3. The molecule has 152 valence electrons. The molecule has 0 aliphatic rings. The van der Waals surface area contributed by atoms with Crippen LogP contribution in [0, 0.1) is 5.82 Å². The third-order valence-corrected chi connectivity index (χ3v) is 4.70. The fourth-order valence-electron chi connectivity index (χ4n) is 2.04. The van der Waals surface area contributed by atoms with Gasteiger partial charge in [-0.15, -0.1) is 11.3 Å². The van der Waals surface area contributed by atoms with Crippen LogP contribution >= 0.6 is 34.5 Å². The normalized spacial score (nSPS) is 11.7. The zero-order chi connectivity index (χ0) is 20.8. The van der Waals surface area contributed by atoms with Crippen LogP contribution in [0.2, 0.25) is 9.49 Å². The van der Waals surface area contributed by atoms with Crippen molar-refractivity contribution in [3.05, 3.63) is 62.9 Å². The highest BCUT2D eigenvalue weighted by molar-refractivity contribution is 7.15. The number of halogens is 3. The average Bonchev–Trinajstić information content (AvgIpc) is 3.10. The van der Waals surface area contributed by atoms with Crippen LogP contribution in [0.5, 0.6) is 17.4 Å². The largest absolute Gasteiger partial charge is 0.481 e. The monoisotopic (exact) mass is 457 g/mol. The molecule has 0 saturated carbocycles. The number of benzene rings is 1. The molecule has 3 rings (SSSR count). The van der Waals surface area contributed by atoms with Crippen molar-refractivity contribution in [2.24, 2.45) is 0 Å². The third kappa shape index (κ3) is 6.26. The number of hydrogen-bond donors (Lipinski definition) is 1. The standard InChI is InChI=1S/C18H14Cl2FN3O4S/c1-10(16(25)24-26-9-14-8-23-18(20)29-14)27-12-2-4-13(5-3-12)28-17-15(21)6-11(19)7-22-17/h2-8,10H,9H2,1H3,(H,24,25). The number of nitrogens with zero attached hydrogens (tertiary/aromatic N) is 2. The number of thiazole rings is 1. The highest BCUT2D eigenvalue weighted by atomic mass is 35.5. The molecule has 1 amide bonds.